The zero-order valence-electron chi connectivity index (χ0n) is 25.1. The van der Waals surface area contributed by atoms with E-state index in [4.69, 9.17) is 24.0 Å². The van der Waals surface area contributed by atoms with Crippen molar-refractivity contribution in [3.05, 3.63) is 88.7 Å². The second-order valence-electron chi connectivity index (χ2n) is 11.0. The Kier molecular flexibility index (Phi) is 7.16. The molecule has 3 heterocycles. The number of aromatic amines is 1. The van der Waals surface area contributed by atoms with Crippen LogP contribution in [0.2, 0.25) is 0 Å². The molecule has 0 aliphatic rings. The average Bonchev–Trinajstić information content (AvgIpc) is 3.50. The van der Waals surface area contributed by atoms with Gasteiger partial charge >= 0.3 is 0 Å². The first-order valence-electron chi connectivity index (χ1n) is 14.0. The van der Waals surface area contributed by atoms with Crippen LogP contribution in [0.25, 0.3) is 44.2 Å². The van der Waals surface area contributed by atoms with Gasteiger partial charge < -0.3 is 23.9 Å². The Balaban J connectivity index is 1.57. The average molecular weight is 562 g/mol. The summed E-state index contributed by atoms with van der Waals surface area (Å²) in [5.74, 6) is 3.08. The summed E-state index contributed by atoms with van der Waals surface area (Å²) >= 11 is 0. The van der Waals surface area contributed by atoms with E-state index in [-0.39, 0.29) is 0 Å². The number of nitrogens with zero attached hydrogens (tertiary/aromatic N) is 4. The van der Waals surface area contributed by atoms with Crippen LogP contribution < -0.4 is 9.47 Å². The number of hydrogen-bond acceptors (Lipinski definition) is 7. The van der Waals surface area contributed by atoms with E-state index in [1.165, 1.54) is 5.56 Å². The lowest BCUT2D eigenvalue weighted by molar-refractivity contribution is 0.372. The van der Waals surface area contributed by atoms with Gasteiger partial charge in [-0.1, -0.05) is 35.5 Å². The van der Waals surface area contributed by atoms with Crippen molar-refractivity contribution in [3.63, 3.8) is 0 Å². The molecule has 0 spiro atoms. The molecule has 0 atom stereocenters. The van der Waals surface area contributed by atoms with Crippen LogP contribution in [-0.2, 0) is 13.0 Å². The first-order chi connectivity index (χ1) is 20.3. The van der Waals surface area contributed by atoms with E-state index in [1.807, 2.05) is 26.8 Å². The van der Waals surface area contributed by atoms with E-state index >= 15 is 0 Å². The van der Waals surface area contributed by atoms with Crippen LogP contribution in [-0.4, -0.2) is 53.3 Å². The third-order valence-corrected chi connectivity index (χ3v) is 7.70. The van der Waals surface area contributed by atoms with Crippen molar-refractivity contribution in [1.29, 1.82) is 0 Å². The van der Waals surface area contributed by atoms with Crippen LogP contribution in [0, 0.1) is 20.8 Å². The van der Waals surface area contributed by atoms with Gasteiger partial charge in [-0.25, -0.2) is 9.97 Å². The highest BCUT2D eigenvalue weighted by Gasteiger charge is 2.22. The number of ether oxygens (including phenoxy) is 2. The van der Waals surface area contributed by atoms with Gasteiger partial charge in [-0.3, -0.25) is 0 Å². The van der Waals surface area contributed by atoms with Crippen LogP contribution >= 0.6 is 0 Å². The van der Waals surface area contributed by atoms with Gasteiger partial charge in [0.25, 0.3) is 0 Å². The van der Waals surface area contributed by atoms with Crippen LogP contribution in [0.1, 0.15) is 34.1 Å². The summed E-state index contributed by atoms with van der Waals surface area (Å²) in [6, 6.07) is 19.0. The minimum atomic E-state index is 0.620. The molecule has 0 saturated heterocycles. The number of aromatic nitrogens is 4. The number of fused-ring (bicyclic) bond motifs is 3. The van der Waals surface area contributed by atoms with Crippen molar-refractivity contribution in [2.45, 2.75) is 33.7 Å². The van der Waals surface area contributed by atoms with Gasteiger partial charge in [-0.05, 0) is 75.8 Å². The number of benzene rings is 3. The maximum Gasteiger partial charge on any atom is 0.142 e. The Morgan fingerprint density at radius 1 is 0.857 bits per heavy atom. The standard InChI is InChI=1S/C34H35N5O3/c1-19-32(20(2)42-38-19)27-15-28-26(17-31(27)41-7)33-29(35-21(3)36-34(33)37-28)14-23-13-24(18-39(4)5)30(40-6)16-25(23)22-11-9-8-10-12-22/h8-13,15-17H,14,18H2,1-7H3,(H,35,36,37). The fourth-order valence-corrected chi connectivity index (χ4v) is 5.92. The number of aryl methyl sites for hydroxylation is 3. The van der Waals surface area contributed by atoms with Crippen molar-refractivity contribution in [2.75, 3.05) is 28.3 Å². The Labute approximate surface area is 245 Å². The Morgan fingerprint density at radius 3 is 2.29 bits per heavy atom. The molecule has 0 saturated carbocycles. The molecule has 0 radical (unpaired) electrons. The lowest BCUT2D eigenvalue weighted by Crippen LogP contribution is -2.12. The molecule has 0 bridgehead atoms. The molecular weight excluding hydrogens is 526 g/mol. The van der Waals surface area contributed by atoms with Crippen molar-refractivity contribution >= 4 is 21.9 Å². The number of methoxy groups -OCH3 is 2. The summed E-state index contributed by atoms with van der Waals surface area (Å²) in [6.45, 7) is 6.56. The fraction of sp³-hybridized carbons (Fsp3) is 0.265. The summed E-state index contributed by atoms with van der Waals surface area (Å²) in [4.78, 5) is 15.5. The van der Waals surface area contributed by atoms with Gasteiger partial charge in [0.05, 0.1) is 31.2 Å². The van der Waals surface area contributed by atoms with Crippen molar-refractivity contribution in [2.24, 2.45) is 0 Å². The van der Waals surface area contributed by atoms with Gasteiger partial charge in [-0.15, -0.1) is 0 Å². The summed E-state index contributed by atoms with van der Waals surface area (Å²) in [5, 5.41) is 6.16. The molecule has 6 aromatic rings. The predicted molar refractivity (Wildman–Crippen MR) is 166 cm³/mol. The van der Waals surface area contributed by atoms with E-state index in [2.05, 4.69) is 77.7 Å². The summed E-state index contributed by atoms with van der Waals surface area (Å²) in [5.41, 5.74) is 9.94. The predicted octanol–water partition coefficient (Wildman–Crippen LogP) is 7.03. The van der Waals surface area contributed by atoms with Crippen molar-refractivity contribution < 1.29 is 14.0 Å². The number of rotatable bonds is 8. The first-order valence-corrected chi connectivity index (χ1v) is 14.0. The highest BCUT2D eigenvalue weighted by Crippen LogP contribution is 2.41. The minimum absolute atomic E-state index is 0.620. The summed E-state index contributed by atoms with van der Waals surface area (Å²) in [7, 11) is 7.56. The highest BCUT2D eigenvalue weighted by atomic mass is 16.5. The normalized spacial score (nSPS) is 11.6. The molecule has 6 rings (SSSR count). The zero-order chi connectivity index (χ0) is 29.5. The lowest BCUT2D eigenvalue weighted by Gasteiger charge is -2.19. The van der Waals surface area contributed by atoms with Gasteiger partial charge in [0.2, 0.25) is 0 Å². The smallest absolute Gasteiger partial charge is 0.142 e. The second-order valence-corrected chi connectivity index (χ2v) is 11.0. The van der Waals surface area contributed by atoms with E-state index in [0.29, 0.717) is 12.2 Å². The topological polar surface area (TPSA) is 89.3 Å². The molecule has 0 aliphatic heterocycles. The van der Waals surface area contributed by atoms with Gasteiger partial charge in [0.15, 0.2) is 0 Å². The zero-order valence-corrected chi connectivity index (χ0v) is 25.1. The molecule has 3 aromatic carbocycles. The Morgan fingerprint density at radius 2 is 1.62 bits per heavy atom. The van der Waals surface area contributed by atoms with E-state index in [0.717, 1.165) is 84.9 Å². The number of hydrogen-bond donors (Lipinski definition) is 1. The lowest BCUT2D eigenvalue weighted by atomic mass is 9.92. The maximum atomic E-state index is 5.90. The van der Waals surface area contributed by atoms with Crippen LogP contribution in [0.3, 0.4) is 0 Å². The van der Waals surface area contributed by atoms with Crippen LogP contribution in [0.4, 0.5) is 0 Å². The quantitative estimate of drug-likeness (QED) is 0.213. The Bertz CT molecular complexity index is 1900. The molecule has 8 nitrogen and oxygen atoms in total. The number of H-pyrrole nitrogens is 1. The molecular formula is C34H35N5O3. The van der Waals surface area contributed by atoms with Crippen molar-refractivity contribution in [3.8, 4) is 33.8 Å². The largest absolute Gasteiger partial charge is 0.496 e. The Hall–Kier alpha value is -4.69. The minimum Gasteiger partial charge on any atom is -0.496 e. The van der Waals surface area contributed by atoms with Crippen LogP contribution in [0.15, 0.2) is 59.1 Å². The van der Waals surface area contributed by atoms with Gasteiger partial charge in [-0.2, -0.15) is 0 Å². The third kappa shape index (κ3) is 4.88. The monoisotopic (exact) mass is 561 g/mol. The third-order valence-electron chi connectivity index (χ3n) is 7.70. The molecule has 0 fully saturated rings. The SMILES string of the molecule is COc1cc(-c2ccccc2)c(Cc2nc(C)nc3[nH]c4cc(-c5c(C)noc5C)c(OC)cc4c23)cc1CN(C)C. The molecule has 42 heavy (non-hydrogen) atoms. The summed E-state index contributed by atoms with van der Waals surface area (Å²) in [6.07, 6.45) is 0.620. The van der Waals surface area contributed by atoms with Gasteiger partial charge in [0.1, 0.15) is 28.7 Å². The molecule has 1 N–H and O–H groups in total. The fourth-order valence-electron chi connectivity index (χ4n) is 5.92. The van der Waals surface area contributed by atoms with Gasteiger partial charge in [0, 0.05) is 40.4 Å². The highest BCUT2D eigenvalue weighted by molar-refractivity contribution is 6.09. The maximum absolute atomic E-state index is 5.90. The molecule has 214 valence electrons. The molecule has 8 heteroatoms. The molecule has 0 aliphatic carbocycles. The molecule has 3 aromatic heterocycles. The second kappa shape index (κ2) is 10.9. The van der Waals surface area contributed by atoms with E-state index in [9.17, 15) is 0 Å². The van der Waals surface area contributed by atoms with Crippen LogP contribution in [0.5, 0.6) is 11.5 Å². The molecule has 0 unspecified atom stereocenters. The molecule has 0 amide bonds. The van der Waals surface area contributed by atoms with Crippen molar-refractivity contribution in [1.82, 2.24) is 25.0 Å². The summed E-state index contributed by atoms with van der Waals surface area (Å²) < 4.78 is 17.2. The van der Waals surface area contributed by atoms with E-state index in [1.54, 1.807) is 14.2 Å². The van der Waals surface area contributed by atoms with E-state index < -0.39 is 0 Å². The first kappa shape index (κ1) is 27.5. The number of nitrogens with one attached hydrogen (secondary N) is 1.